The average molecular weight is 287 g/mol. The number of hydrogen-bond acceptors (Lipinski definition) is 2. The Bertz CT molecular complexity index is 795. The van der Waals surface area contributed by atoms with Gasteiger partial charge < -0.3 is 5.73 Å². The molecule has 108 valence electrons. The van der Waals surface area contributed by atoms with Crippen molar-refractivity contribution in [2.24, 2.45) is 12.8 Å². The summed E-state index contributed by atoms with van der Waals surface area (Å²) < 4.78 is 28.0. The third-order valence-electron chi connectivity index (χ3n) is 3.58. The highest BCUT2D eigenvalue weighted by Gasteiger charge is 2.16. The quantitative estimate of drug-likeness (QED) is 0.804. The molecule has 0 spiro atoms. The van der Waals surface area contributed by atoms with Crippen LogP contribution in [0.15, 0.2) is 42.5 Å². The molecule has 1 heterocycles. The van der Waals surface area contributed by atoms with E-state index < -0.39 is 11.6 Å². The maximum atomic E-state index is 13.3. The molecule has 2 aromatic carbocycles. The van der Waals surface area contributed by atoms with Crippen LogP contribution < -0.4 is 5.73 Å². The summed E-state index contributed by atoms with van der Waals surface area (Å²) in [6.07, 6.45) is 0.401. The molecular formula is C16H15F2N3. The third kappa shape index (κ3) is 2.52. The van der Waals surface area contributed by atoms with Gasteiger partial charge in [0.2, 0.25) is 0 Å². The molecule has 1 unspecified atom stereocenters. The SMILES string of the molecule is Cn1nc(C(N)Cc2ccc(F)c(F)c2)c2ccccc21. The Morgan fingerprint density at radius 3 is 2.67 bits per heavy atom. The van der Waals surface area contributed by atoms with Gasteiger partial charge in [-0.3, -0.25) is 4.68 Å². The fourth-order valence-corrected chi connectivity index (χ4v) is 2.53. The Hall–Kier alpha value is -2.27. The van der Waals surface area contributed by atoms with Gasteiger partial charge in [-0.1, -0.05) is 24.3 Å². The minimum absolute atomic E-state index is 0.374. The molecule has 3 rings (SSSR count). The Labute approximate surface area is 121 Å². The molecule has 0 aliphatic carbocycles. The van der Waals surface area contributed by atoms with Crippen molar-refractivity contribution in [3.8, 4) is 0 Å². The third-order valence-corrected chi connectivity index (χ3v) is 3.58. The van der Waals surface area contributed by atoms with E-state index in [2.05, 4.69) is 5.10 Å². The molecule has 21 heavy (non-hydrogen) atoms. The minimum Gasteiger partial charge on any atom is -0.322 e. The van der Waals surface area contributed by atoms with E-state index in [0.717, 1.165) is 22.7 Å². The van der Waals surface area contributed by atoms with Crippen LogP contribution in [0.2, 0.25) is 0 Å². The van der Waals surface area contributed by atoms with Gasteiger partial charge >= 0.3 is 0 Å². The predicted molar refractivity (Wildman–Crippen MR) is 77.7 cm³/mol. The van der Waals surface area contributed by atoms with E-state index in [1.165, 1.54) is 6.07 Å². The monoisotopic (exact) mass is 287 g/mol. The van der Waals surface area contributed by atoms with Gasteiger partial charge in [-0.25, -0.2) is 8.78 Å². The molecule has 1 atom stereocenters. The fraction of sp³-hybridized carbons (Fsp3) is 0.188. The van der Waals surface area contributed by atoms with Gasteiger partial charge in [-0.05, 0) is 30.2 Å². The molecule has 3 aromatic rings. The normalized spacial score (nSPS) is 12.8. The van der Waals surface area contributed by atoms with Gasteiger partial charge in [0.05, 0.1) is 17.3 Å². The Morgan fingerprint density at radius 1 is 1.14 bits per heavy atom. The number of fused-ring (bicyclic) bond motifs is 1. The van der Waals surface area contributed by atoms with Crippen LogP contribution >= 0.6 is 0 Å². The number of nitrogens with two attached hydrogens (primary N) is 1. The van der Waals surface area contributed by atoms with Crippen molar-refractivity contribution in [3.05, 3.63) is 65.4 Å². The molecular weight excluding hydrogens is 272 g/mol. The van der Waals surface area contributed by atoms with E-state index in [0.29, 0.717) is 12.0 Å². The van der Waals surface area contributed by atoms with Crippen molar-refractivity contribution in [1.82, 2.24) is 9.78 Å². The van der Waals surface area contributed by atoms with E-state index in [4.69, 9.17) is 5.73 Å². The molecule has 0 radical (unpaired) electrons. The highest BCUT2D eigenvalue weighted by atomic mass is 19.2. The van der Waals surface area contributed by atoms with Crippen LogP contribution in [0, 0.1) is 11.6 Å². The van der Waals surface area contributed by atoms with Crippen LogP contribution in [0.3, 0.4) is 0 Å². The first-order valence-corrected chi connectivity index (χ1v) is 6.67. The second kappa shape index (κ2) is 5.26. The number of nitrogens with zero attached hydrogens (tertiary/aromatic N) is 2. The van der Waals surface area contributed by atoms with Gasteiger partial charge in [0, 0.05) is 12.4 Å². The van der Waals surface area contributed by atoms with Crippen molar-refractivity contribution >= 4 is 10.9 Å². The molecule has 0 saturated heterocycles. The van der Waals surface area contributed by atoms with Crippen LogP contribution in [0.4, 0.5) is 8.78 Å². The van der Waals surface area contributed by atoms with Crippen molar-refractivity contribution in [1.29, 1.82) is 0 Å². The standard InChI is InChI=1S/C16H15F2N3/c1-21-15-5-3-2-4-11(15)16(20-21)14(19)9-10-6-7-12(17)13(18)8-10/h2-8,14H,9,19H2,1H3. The number of hydrogen-bond donors (Lipinski definition) is 1. The topological polar surface area (TPSA) is 43.8 Å². The number of rotatable bonds is 3. The fourth-order valence-electron chi connectivity index (χ4n) is 2.53. The zero-order chi connectivity index (χ0) is 15.0. The average Bonchev–Trinajstić information content (AvgIpc) is 2.81. The first-order chi connectivity index (χ1) is 10.1. The summed E-state index contributed by atoms with van der Waals surface area (Å²) in [5.41, 5.74) is 8.61. The van der Waals surface area contributed by atoms with Crippen molar-refractivity contribution in [2.45, 2.75) is 12.5 Å². The van der Waals surface area contributed by atoms with Gasteiger partial charge in [0.25, 0.3) is 0 Å². The lowest BCUT2D eigenvalue weighted by atomic mass is 10.0. The second-order valence-electron chi connectivity index (χ2n) is 5.09. The van der Waals surface area contributed by atoms with Crippen LogP contribution in [0.5, 0.6) is 0 Å². The number of aromatic nitrogens is 2. The lowest BCUT2D eigenvalue weighted by molar-refractivity contribution is 0.506. The molecule has 0 aliphatic rings. The van der Waals surface area contributed by atoms with Crippen LogP contribution in [-0.2, 0) is 13.5 Å². The maximum Gasteiger partial charge on any atom is 0.159 e. The van der Waals surface area contributed by atoms with Gasteiger partial charge in [0.15, 0.2) is 11.6 Å². The summed E-state index contributed by atoms with van der Waals surface area (Å²) in [5.74, 6) is -1.71. The smallest absolute Gasteiger partial charge is 0.159 e. The molecule has 0 fully saturated rings. The van der Waals surface area contributed by atoms with Crippen molar-refractivity contribution in [2.75, 3.05) is 0 Å². The molecule has 5 heteroatoms. The molecule has 3 nitrogen and oxygen atoms in total. The maximum absolute atomic E-state index is 13.3. The van der Waals surface area contributed by atoms with Gasteiger partial charge in [-0.2, -0.15) is 5.10 Å². The first kappa shape index (κ1) is 13.7. The Morgan fingerprint density at radius 2 is 1.90 bits per heavy atom. The molecule has 0 aliphatic heterocycles. The molecule has 1 aromatic heterocycles. The van der Waals surface area contributed by atoms with Crippen molar-refractivity contribution in [3.63, 3.8) is 0 Å². The summed E-state index contributed by atoms with van der Waals surface area (Å²) in [6.45, 7) is 0. The van der Waals surface area contributed by atoms with E-state index in [1.54, 1.807) is 10.7 Å². The lowest BCUT2D eigenvalue weighted by Crippen LogP contribution is -2.15. The predicted octanol–water partition coefficient (Wildman–Crippen LogP) is 3.09. The van der Waals surface area contributed by atoms with E-state index in [9.17, 15) is 8.78 Å². The van der Waals surface area contributed by atoms with Crippen LogP contribution in [0.1, 0.15) is 17.3 Å². The molecule has 0 amide bonds. The summed E-state index contributed by atoms with van der Waals surface area (Å²) in [4.78, 5) is 0. The lowest BCUT2D eigenvalue weighted by Gasteiger charge is -2.10. The van der Waals surface area contributed by atoms with E-state index >= 15 is 0 Å². The zero-order valence-corrected chi connectivity index (χ0v) is 11.6. The number of halogens is 2. The minimum atomic E-state index is -0.856. The van der Waals surface area contributed by atoms with Gasteiger partial charge in [0.1, 0.15) is 0 Å². The Kier molecular flexibility index (Phi) is 3.43. The van der Waals surface area contributed by atoms with Crippen LogP contribution in [0.25, 0.3) is 10.9 Å². The van der Waals surface area contributed by atoms with E-state index in [1.807, 2.05) is 31.3 Å². The van der Waals surface area contributed by atoms with Crippen LogP contribution in [-0.4, -0.2) is 9.78 Å². The number of para-hydroxylation sites is 1. The summed E-state index contributed by atoms with van der Waals surface area (Å²) in [6, 6.07) is 11.3. The highest BCUT2D eigenvalue weighted by Crippen LogP contribution is 2.24. The van der Waals surface area contributed by atoms with Gasteiger partial charge in [-0.15, -0.1) is 0 Å². The first-order valence-electron chi connectivity index (χ1n) is 6.67. The molecule has 2 N–H and O–H groups in total. The Balaban J connectivity index is 1.93. The zero-order valence-electron chi connectivity index (χ0n) is 11.6. The number of aryl methyl sites for hydroxylation is 1. The highest BCUT2D eigenvalue weighted by molar-refractivity contribution is 5.82. The largest absolute Gasteiger partial charge is 0.322 e. The second-order valence-corrected chi connectivity index (χ2v) is 5.09. The molecule has 0 bridgehead atoms. The van der Waals surface area contributed by atoms with Crippen molar-refractivity contribution < 1.29 is 8.78 Å². The van der Waals surface area contributed by atoms with E-state index in [-0.39, 0.29) is 6.04 Å². The summed E-state index contributed by atoms with van der Waals surface area (Å²) in [5, 5.41) is 5.43. The summed E-state index contributed by atoms with van der Waals surface area (Å²) in [7, 11) is 1.86. The number of benzene rings is 2. The molecule has 0 saturated carbocycles. The summed E-state index contributed by atoms with van der Waals surface area (Å²) >= 11 is 0.